The Balaban J connectivity index is 2.23. The van der Waals surface area contributed by atoms with Gasteiger partial charge in [-0.25, -0.2) is 9.59 Å². The molecule has 0 radical (unpaired) electrons. The number of carbonyl (C=O) groups excluding carboxylic acids is 2. The second-order valence-corrected chi connectivity index (χ2v) is 10.1. The topological polar surface area (TPSA) is 89.5 Å². The number of rotatable bonds is 12. The minimum atomic E-state index is -1.03. The molecule has 2 unspecified atom stereocenters. The summed E-state index contributed by atoms with van der Waals surface area (Å²) in [5.74, 6) is 0.254. The van der Waals surface area contributed by atoms with Gasteiger partial charge in [-0.05, 0) is 35.4 Å². The number of benzene rings is 2. The smallest absolute Gasteiger partial charge is 0.452 e. The lowest BCUT2D eigenvalue weighted by Gasteiger charge is -2.28. The highest BCUT2D eigenvalue weighted by molar-refractivity contribution is 6.38. The summed E-state index contributed by atoms with van der Waals surface area (Å²) in [6.45, 7) is 13.7. The van der Waals surface area contributed by atoms with Crippen molar-refractivity contribution in [3.05, 3.63) is 80.8 Å². The van der Waals surface area contributed by atoms with Crippen LogP contribution in [0, 0.1) is 0 Å². The molecular weight excluding hydrogens is 594 g/mol. The summed E-state index contributed by atoms with van der Waals surface area (Å²) in [4.78, 5) is 23.3. The van der Waals surface area contributed by atoms with Gasteiger partial charge in [0.05, 0.1) is 20.1 Å². The van der Waals surface area contributed by atoms with Gasteiger partial charge in [0.2, 0.25) is 12.6 Å². The lowest BCUT2D eigenvalue weighted by Crippen LogP contribution is -2.23. The highest BCUT2D eigenvalue weighted by atomic mass is 35.5. The summed E-state index contributed by atoms with van der Waals surface area (Å²) in [7, 11) is 0. The zero-order chi connectivity index (χ0) is 29.3. The maximum atomic E-state index is 11.6. The van der Waals surface area contributed by atoms with Crippen molar-refractivity contribution in [2.75, 3.05) is 13.2 Å². The van der Waals surface area contributed by atoms with E-state index in [9.17, 15) is 9.59 Å². The van der Waals surface area contributed by atoms with Gasteiger partial charge >= 0.3 is 12.3 Å². The Morgan fingerprint density at radius 1 is 0.744 bits per heavy atom. The molecule has 2 aromatic carbocycles. The second-order valence-electron chi connectivity index (χ2n) is 8.47. The van der Waals surface area contributed by atoms with E-state index in [1.807, 2.05) is 13.8 Å². The van der Waals surface area contributed by atoms with Gasteiger partial charge in [0.15, 0.2) is 11.5 Å². The zero-order valence-electron chi connectivity index (χ0n) is 21.7. The Hall–Kier alpha value is -2.78. The standard InChI is InChI=1S/C27H28Cl4O8/c1-7-9-34-25(32)38-15(3)36-23-19(28)11-17(12-20(23)29)27(5,6)18-13-21(30)24(22(31)14-18)37-16(4)39-26(33)35-10-8-2/h7-8,11-16H,1-2,9-10H2,3-6H3. The van der Waals surface area contributed by atoms with E-state index in [-0.39, 0.29) is 44.8 Å². The van der Waals surface area contributed by atoms with Crippen LogP contribution in [0.15, 0.2) is 49.6 Å². The third-order valence-electron chi connectivity index (χ3n) is 5.17. The minimum absolute atomic E-state index is 0.00444. The van der Waals surface area contributed by atoms with Gasteiger partial charge in [-0.1, -0.05) is 85.6 Å². The van der Waals surface area contributed by atoms with Crippen LogP contribution in [0.3, 0.4) is 0 Å². The van der Waals surface area contributed by atoms with Gasteiger partial charge in [-0.3, -0.25) is 0 Å². The Bertz CT molecular complexity index is 1080. The Morgan fingerprint density at radius 3 is 1.33 bits per heavy atom. The van der Waals surface area contributed by atoms with Crippen molar-refractivity contribution in [1.29, 1.82) is 0 Å². The van der Waals surface area contributed by atoms with E-state index < -0.39 is 30.3 Å². The molecule has 0 saturated heterocycles. The molecule has 8 nitrogen and oxygen atoms in total. The van der Waals surface area contributed by atoms with Gasteiger partial charge in [-0.15, -0.1) is 0 Å². The summed E-state index contributed by atoms with van der Waals surface area (Å²) >= 11 is 25.9. The van der Waals surface area contributed by atoms with Crippen LogP contribution < -0.4 is 9.47 Å². The van der Waals surface area contributed by atoms with Gasteiger partial charge in [0.25, 0.3) is 0 Å². The normalized spacial score (nSPS) is 12.5. The molecule has 0 aliphatic rings. The van der Waals surface area contributed by atoms with E-state index in [2.05, 4.69) is 13.2 Å². The molecule has 0 aliphatic carbocycles. The monoisotopic (exact) mass is 620 g/mol. The van der Waals surface area contributed by atoms with Crippen LogP contribution in [0.5, 0.6) is 11.5 Å². The van der Waals surface area contributed by atoms with E-state index in [4.69, 9.17) is 74.8 Å². The number of hydrogen-bond acceptors (Lipinski definition) is 8. The predicted octanol–water partition coefficient (Wildman–Crippen LogP) is 8.75. The summed E-state index contributed by atoms with van der Waals surface area (Å²) in [6, 6.07) is 6.68. The molecule has 0 N–H and O–H groups in total. The van der Waals surface area contributed by atoms with Crippen molar-refractivity contribution in [3.8, 4) is 11.5 Å². The average Bonchev–Trinajstić information content (AvgIpc) is 2.85. The van der Waals surface area contributed by atoms with Crippen molar-refractivity contribution < 1.29 is 38.0 Å². The fraction of sp³-hybridized carbons (Fsp3) is 0.333. The molecule has 2 atom stereocenters. The number of carbonyl (C=O) groups is 2. The highest BCUT2D eigenvalue weighted by Gasteiger charge is 2.29. The first kappa shape index (κ1) is 32.4. The molecule has 0 amide bonds. The van der Waals surface area contributed by atoms with Crippen molar-refractivity contribution in [2.24, 2.45) is 0 Å². The molecule has 0 aliphatic heterocycles. The summed E-state index contributed by atoms with van der Waals surface area (Å²) in [6.07, 6.45) is -1.11. The molecule has 0 saturated carbocycles. The molecular formula is C27H28Cl4O8. The maximum absolute atomic E-state index is 11.6. The third kappa shape index (κ3) is 9.14. The minimum Gasteiger partial charge on any atom is -0.452 e. The lowest BCUT2D eigenvalue weighted by molar-refractivity contribution is -0.0513. The van der Waals surface area contributed by atoms with E-state index in [0.29, 0.717) is 11.1 Å². The van der Waals surface area contributed by atoms with Crippen molar-refractivity contribution in [3.63, 3.8) is 0 Å². The molecule has 0 bridgehead atoms. The molecule has 212 valence electrons. The van der Waals surface area contributed by atoms with Crippen molar-refractivity contribution in [2.45, 2.75) is 45.7 Å². The zero-order valence-corrected chi connectivity index (χ0v) is 24.7. The van der Waals surface area contributed by atoms with Gasteiger partial charge in [0.1, 0.15) is 13.2 Å². The van der Waals surface area contributed by atoms with Crippen molar-refractivity contribution >= 4 is 58.7 Å². The Morgan fingerprint density at radius 2 is 1.05 bits per heavy atom. The lowest BCUT2D eigenvalue weighted by atomic mass is 9.78. The Labute approximate surface area is 247 Å². The number of halogens is 4. The van der Waals surface area contributed by atoms with E-state index in [1.54, 1.807) is 24.3 Å². The van der Waals surface area contributed by atoms with Gasteiger partial charge in [-0.2, -0.15) is 0 Å². The second kappa shape index (κ2) is 14.6. The molecule has 0 heterocycles. The predicted molar refractivity (Wildman–Crippen MR) is 150 cm³/mol. The van der Waals surface area contributed by atoms with Crippen LogP contribution in [-0.4, -0.2) is 38.1 Å². The van der Waals surface area contributed by atoms with E-state index >= 15 is 0 Å². The Kier molecular flexibility index (Phi) is 12.1. The highest BCUT2D eigenvalue weighted by Crippen LogP contribution is 2.44. The first-order chi connectivity index (χ1) is 18.3. The molecule has 39 heavy (non-hydrogen) atoms. The van der Waals surface area contributed by atoms with Crippen LogP contribution >= 0.6 is 46.4 Å². The van der Waals surface area contributed by atoms with Gasteiger partial charge < -0.3 is 28.4 Å². The van der Waals surface area contributed by atoms with E-state index in [1.165, 1.54) is 26.0 Å². The summed E-state index contributed by atoms with van der Waals surface area (Å²) in [5, 5.41) is 0.748. The van der Waals surface area contributed by atoms with E-state index in [0.717, 1.165) is 0 Å². The molecule has 0 aromatic heterocycles. The maximum Gasteiger partial charge on any atom is 0.511 e. The van der Waals surface area contributed by atoms with Crippen LogP contribution in [0.1, 0.15) is 38.8 Å². The van der Waals surface area contributed by atoms with Crippen LogP contribution in [0.4, 0.5) is 9.59 Å². The van der Waals surface area contributed by atoms with Crippen LogP contribution in [0.25, 0.3) is 0 Å². The van der Waals surface area contributed by atoms with Crippen LogP contribution in [0.2, 0.25) is 20.1 Å². The molecule has 2 aromatic rings. The fourth-order valence-corrected chi connectivity index (χ4v) is 4.36. The van der Waals surface area contributed by atoms with Crippen molar-refractivity contribution in [1.82, 2.24) is 0 Å². The number of hydrogen-bond donors (Lipinski definition) is 0. The van der Waals surface area contributed by atoms with Crippen LogP contribution in [-0.2, 0) is 24.4 Å². The molecule has 0 spiro atoms. The first-order valence-electron chi connectivity index (χ1n) is 11.5. The largest absolute Gasteiger partial charge is 0.511 e. The average molecular weight is 622 g/mol. The fourth-order valence-electron chi connectivity index (χ4n) is 3.21. The SMILES string of the molecule is C=CCOC(=O)OC(C)Oc1c(Cl)cc(C(C)(C)c2cc(Cl)c(OC(C)OC(=O)OCC=C)c(Cl)c2)cc1Cl. The first-order valence-corrected chi connectivity index (χ1v) is 13.0. The molecule has 12 heteroatoms. The third-order valence-corrected chi connectivity index (χ3v) is 6.29. The van der Waals surface area contributed by atoms with Gasteiger partial charge in [0, 0.05) is 19.3 Å². The number of ether oxygens (including phenoxy) is 6. The quantitative estimate of drug-likeness (QED) is 0.132. The summed E-state index contributed by atoms with van der Waals surface area (Å²) < 4.78 is 30.8. The molecule has 0 fully saturated rings. The molecule has 2 rings (SSSR count). The summed E-state index contributed by atoms with van der Waals surface area (Å²) in [5.41, 5.74) is 0.739.